The van der Waals surface area contributed by atoms with Gasteiger partial charge in [-0.3, -0.25) is 11.3 Å². The summed E-state index contributed by atoms with van der Waals surface area (Å²) in [5, 5.41) is 0.673. The molecule has 0 aliphatic rings. The van der Waals surface area contributed by atoms with E-state index >= 15 is 0 Å². The number of nitrogens with two attached hydrogens (primary N) is 1. The van der Waals surface area contributed by atoms with E-state index in [-0.39, 0.29) is 11.9 Å². The number of rotatable bonds is 4. The van der Waals surface area contributed by atoms with E-state index in [1.165, 1.54) is 12.1 Å². The third kappa shape index (κ3) is 3.76. The molecule has 0 bridgehead atoms. The second kappa shape index (κ2) is 6.48. The number of halogens is 3. The van der Waals surface area contributed by atoms with Crippen molar-refractivity contribution in [2.75, 3.05) is 0 Å². The van der Waals surface area contributed by atoms with Crippen molar-refractivity contribution < 1.29 is 4.39 Å². The van der Waals surface area contributed by atoms with Crippen LogP contribution in [-0.4, -0.2) is 0 Å². The Bertz CT molecular complexity index is 560. The number of nitrogens with one attached hydrogen (secondary N) is 1. The maximum Gasteiger partial charge on any atom is 0.123 e. The SMILES string of the molecule is NNC(Cc1cc(F)ccc1Br)c1ccc(Cl)cc1. The molecule has 100 valence electrons. The molecule has 2 aromatic rings. The predicted molar refractivity (Wildman–Crippen MR) is 79.3 cm³/mol. The molecule has 0 aliphatic heterocycles. The van der Waals surface area contributed by atoms with E-state index in [1.54, 1.807) is 6.07 Å². The van der Waals surface area contributed by atoms with Crippen LogP contribution in [0, 0.1) is 5.82 Å². The zero-order chi connectivity index (χ0) is 13.8. The molecule has 0 amide bonds. The maximum absolute atomic E-state index is 13.3. The van der Waals surface area contributed by atoms with Gasteiger partial charge < -0.3 is 0 Å². The normalized spacial score (nSPS) is 12.4. The molecule has 0 saturated carbocycles. The first-order valence-electron chi connectivity index (χ1n) is 5.75. The summed E-state index contributed by atoms with van der Waals surface area (Å²) < 4.78 is 14.1. The van der Waals surface area contributed by atoms with E-state index in [0.29, 0.717) is 11.4 Å². The number of hydrogen-bond acceptors (Lipinski definition) is 2. The molecule has 0 aromatic heterocycles. The predicted octanol–water partition coefficient (Wildman–Crippen LogP) is 3.99. The monoisotopic (exact) mass is 342 g/mol. The van der Waals surface area contributed by atoms with Crippen LogP contribution in [-0.2, 0) is 6.42 Å². The van der Waals surface area contributed by atoms with Crippen LogP contribution in [0.1, 0.15) is 17.2 Å². The maximum atomic E-state index is 13.3. The van der Waals surface area contributed by atoms with Crippen LogP contribution in [0.25, 0.3) is 0 Å². The van der Waals surface area contributed by atoms with Gasteiger partial charge in [-0.2, -0.15) is 0 Å². The molecule has 2 aromatic carbocycles. The van der Waals surface area contributed by atoms with Gasteiger partial charge in [0.25, 0.3) is 0 Å². The molecule has 2 rings (SSSR count). The van der Waals surface area contributed by atoms with Crippen molar-refractivity contribution in [1.29, 1.82) is 0 Å². The Morgan fingerprint density at radius 2 is 1.89 bits per heavy atom. The van der Waals surface area contributed by atoms with Gasteiger partial charge in [-0.15, -0.1) is 0 Å². The fourth-order valence-electron chi connectivity index (χ4n) is 1.89. The van der Waals surface area contributed by atoms with Gasteiger partial charge in [0.2, 0.25) is 0 Å². The topological polar surface area (TPSA) is 38.0 Å². The van der Waals surface area contributed by atoms with E-state index in [9.17, 15) is 4.39 Å². The average Bonchev–Trinajstić information content (AvgIpc) is 2.41. The standard InChI is InChI=1S/C14H13BrClFN2/c15-13-6-5-12(17)7-10(13)8-14(19-18)9-1-3-11(16)4-2-9/h1-7,14,19H,8,18H2. The van der Waals surface area contributed by atoms with E-state index in [1.807, 2.05) is 24.3 Å². The highest BCUT2D eigenvalue weighted by molar-refractivity contribution is 9.10. The molecule has 1 atom stereocenters. The lowest BCUT2D eigenvalue weighted by atomic mass is 9.99. The Hall–Kier alpha value is -0.940. The highest BCUT2D eigenvalue weighted by Gasteiger charge is 2.13. The molecule has 0 fully saturated rings. The molecule has 0 saturated heterocycles. The fourth-order valence-corrected chi connectivity index (χ4v) is 2.42. The summed E-state index contributed by atoms with van der Waals surface area (Å²) in [6.07, 6.45) is 0.580. The van der Waals surface area contributed by atoms with Crippen molar-refractivity contribution in [1.82, 2.24) is 5.43 Å². The summed E-state index contributed by atoms with van der Waals surface area (Å²) in [7, 11) is 0. The van der Waals surface area contributed by atoms with Gasteiger partial charge in [0.15, 0.2) is 0 Å². The van der Waals surface area contributed by atoms with E-state index in [4.69, 9.17) is 17.4 Å². The molecule has 2 nitrogen and oxygen atoms in total. The quantitative estimate of drug-likeness (QED) is 0.651. The van der Waals surface area contributed by atoms with E-state index in [2.05, 4.69) is 21.4 Å². The van der Waals surface area contributed by atoms with Gasteiger partial charge in [0.05, 0.1) is 6.04 Å². The van der Waals surface area contributed by atoms with Crippen LogP contribution in [0.3, 0.4) is 0 Å². The van der Waals surface area contributed by atoms with Crippen LogP contribution in [0.4, 0.5) is 4.39 Å². The van der Waals surface area contributed by atoms with Gasteiger partial charge in [0, 0.05) is 9.50 Å². The number of benzene rings is 2. The lowest BCUT2D eigenvalue weighted by molar-refractivity contribution is 0.547. The van der Waals surface area contributed by atoms with Crippen LogP contribution in [0.15, 0.2) is 46.9 Å². The highest BCUT2D eigenvalue weighted by atomic mass is 79.9. The third-order valence-corrected chi connectivity index (χ3v) is 3.93. The minimum absolute atomic E-state index is 0.102. The average molecular weight is 344 g/mol. The summed E-state index contributed by atoms with van der Waals surface area (Å²) in [5.41, 5.74) is 4.61. The van der Waals surface area contributed by atoms with Crippen molar-refractivity contribution in [3.8, 4) is 0 Å². The molecule has 19 heavy (non-hydrogen) atoms. The van der Waals surface area contributed by atoms with Gasteiger partial charge in [-0.05, 0) is 47.9 Å². The Labute approximate surface area is 124 Å². The summed E-state index contributed by atoms with van der Waals surface area (Å²) in [5.74, 6) is 5.33. The first-order chi connectivity index (χ1) is 9.10. The molecule has 3 N–H and O–H groups in total. The van der Waals surface area contributed by atoms with Crippen molar-refractivity contribution in [3.63, 3.8) is 0 Å². The van der Waals surface area contributed by atoms with Crippen molar-refractivity contribution in [2.45, 2.75) is 12.5 Å². The van der Waals surface area contributed by atoms with Crippen LogP contribution < -0.4 is 11.3 Å². The van der Waals surface area contributed by atoms with Crippen molar-refractivity contribution in [2.24, 2.45) is 5.84 Å². The first-order valence-corrected chi connectivity index (χ1v) is 6.93. The number of hydrogen-bond donors (Lipinski definition) is 2. The smallest absolute Gasteiger partial charge is 0.123 e. The lowest BCUT2D eigenvalue weighted by Crippen LogP contribution is -2.29. The van der Waals surface area contributed by atoms with Gasteiger partial charge in [-0.1, -0.05) is 39.7 Å². The summed E-state index contributed by atoms with van der Waals surface area (Å²) in [6, 6.07) is 11.9. The molecule has 0 spiro atoms. The number of hydrazine groups is 1. The van der Waals surface area contributed by atoms with Crippen molar-refractivity contribution in [3.05, 3.63) is 68.9 Å². The minimum atomic E-state index is -0.259. The van der Waals surface area contributed by atoms with Gasteiger partial charge in [0.1, 0.15) is 5.82 Å². The molecule has 0 heterocycles. The molecular weight excluding hydrogens is 331 g/mol. The molecule has 0 radical (unpaired) electrons. The van der Waals surface area contributed by atoms with Gasteiger partial charge >= 0.3 is 0 Å². The Morgan fingerprint density at radius 3 is 2.53 bits per heavy atom. The molecule has 5 heteroatoms. The molecular formula is C14H13BrClFN2. The van der Waals surface area contributed by atoms with Crippen molar-refractivity contribution >= 4 is 27.5 Å². The fraction of sp³-hybridized carbons (Fsp3) is 0.143. The van der Waals surface area contributed by atoms with Gasteiger partial charge in [-0.25, -0.2) is 4.39 Å². The third-order valence-electron chi connectivity index (χ3n) is 2.91. The summed E-state index contributed by atoms with van der Waals surface area (Å²) in [4.78, 5) is 0. The summed E-state index contributed by atoms with van der Waals surface area (Å²) >= 11 is 9.27. The first kappa shape index (κ1) is 14.5. The lowest BCUT2D eigenvalue weighted by Gasteiger charge is -2.17. The zero-order valence-electron chi connectivity index (χ0n) is 10.0. The molecule has 1 unspecified atom stereocenters. The summed E-state index contributed by atoms with van der Waals surface area (Å²) in [6.45, 7) is 0. The second-order valence-electron chi connectivity index (χ2n) is 4.21. The Morgan fingerprint density at radius 1 is 1.21 bits per heavy atom. The van der Waals surface area contributed by atoms with E-state index in [0.717, 1.165) is 15.6 Å². The van der Waals surface area contributed by atoms with Crippen LogP contribution >= 0.6 is 27.5 Å². The van der Waals surface area contributed by atoms with E-state index < -0.39 is 0 Å². The largest absolute Gasteiger partial charge is 0.271 e. The van der Waals surface area contributed by atoms with Crippen LogP contribution in [0.2, 0.25) is 5.02 Å². The Kier molecular flexibility index (Phi) is 4.93. The van der Waals surface area contributed by atoms with Crippen LogP contribution in [0.5, 0.6) is 0 Å². The second-order valence-corrected chi connectivity index (χ2v) is 5.50. The minimum Gasteiger partial charge on any atom is -0.271 e. The molecule has 0 aliphatic carbocycles. The zero-order valence-corrected chi connectivity index (χ0v) is 12.4. The highest BCUT2D eigenvalue weighted by Crippen LogP contribution is 2.25. The Balaban J connectivity index is 2.23.